The first-order valence-electron chi connectivity index (χ1n) is 7.02. The number of fused-ring (bicyclic) bond motifs is 1. The topological polar surface area (TPSA) is 42.0 Å². The first-order chi connectivity index (χ1) is 10.6. The summed E-state index contributed by atoms with van der Waals surface area (Å²) >= 11 is 5.85. The smallest absolute Gasteiger partial charge is 0.228 e. The number of anilines is 1. The molecule has 4 heteroatoms. The number of benzene rings is 2. The molecule has 3 aromatic rings. The third-order valence-electron chi connectivity index (χ3n) is 3.42. The molecule has 0 atom stereocenters. The van der Waals surface area contributed by atoms with Crippen LogP contribution in [-0.2, 0) is 11.2 Å². The number of hydrogen-bond donors (Lipinski definition) is 1. The van der Waals surface area contributed by atoms with Gasteiger partial charge in [0, 0.05) is 16.1 Å². The van der Waals surface area contributed by atoms with E-state index in [0.29, 0.717) is 11.4 Å². The van der Waals surface area contributed by atoms with Crippen molar-refractivity contribution in [2.75, 3.05) is 5.32 Å². The Kier molecular flexibility index (Phi) is 4.07. The molecule has 1 heterocycles. The first kappa shape index (κ1) is 14.5. The SMILES string of the molecule is Cc1ccc2c(NC(=O)Cc3ccc(Cl)cc3)cccc2n1. The van der Waals surface area contributed by atoms with Crippen molar-refractivity contribution in [2.24, 2.45) is 0 Å². The molecule has 110 valence electrons. The largest absolute Gasteiger partial charge is 0.325 e. The van der Waals surface area contributed by atoms with Crippen LogP contribution < -0.4 is 5.32 Å². The van der Waals surface area contributed by atoms with Crippen molar-refractivity contribution in [1.29, 1.82) is 0 Å². The van der Waals surface area contributed by atoms with Crippen LogP contribution in [0.15, 0.2) is 54.6 Å². The van der Waals surface area contributed by atoms with E-state index in [1.165, 1.54) is 0 Å². The predicted molar refractivity (Wildman–Crippen MR) is 90.3 cm³/mol. The van der Waals surface area contributed by atoms with Crippen molar-refractivity contribution in [3.05, 3.63) is 70.9 Å². The van der Waals surface area contributed by atoms with Gasteiger partial charge in [0.1, 0.15) is 0 Å². The van der Waals surface area contributed by atoms with Crippen LogP contribution >= 0.6 is 11.6 Å². The molecule has 3 rings (SSSR count). The molecule has 1 N–H and O–H groups in total. The average Bonchev–Trinajstić information content (AvgIpc) is 2.49. The summed E-state index contributed by atoms with van der Waals surface area (Å²) in [4.78, 5) is 16.7. The number of nitrogens with one attached hydrogen (secondary N) is 1. The first-order valence-corrected chi connectivity index (χ1v) is 7.40. The maximum atomic E-state index is 12.2. The number of carbonyl (C=O) groups excluding carboxylic acids is 1. The zero-order valence-electron chi connectivity index (χ0n) is 12.1. The van der Waals surface area contributed by atoms with E-state index in [1.54, 1.807) is 12.1 Å². The molecule has 0 spiro atoms. The van der Waals surface area contributed by atoms with Gasteiger partial charge in [-0.05, 0) is 48.9 Å². The lowest BCUT2D eigenvalue weighted by atomic mass is 10.1. The van der Waals surface area contributed by atoms with Gasteiger partial charge in [0.25, 0.3) is 0 Å². The van der Waals surface area contributed by atoms with Crippen LogP contribution in [0.3, 0.4) is 0 Å². The van der Waals surface area contributed by atoms with Crippen LogP contribution in [-0.4, -0.2) is 10.9 Å². The van der Waals surface area contributed by atoms with Gasteiger partial charge in [0.15, 0.2) is 0 Å². The van der Waals surface area contributed by atoms with Gasteiger partial charge in [-0.15, -0.1) is 0 Å². The Labute approximate surface area is 133 Å². The summed E-state index contributed by atoms with van der Waals surface area (Å²) in [5.41, 5.74) is 3.54. The van der Waals surface area contributed by atoms with Crippen molar-refractivity contribution in [3.63, 3.8) is 0 Å². The molecule has 1 amide bonds. The van der Waals surface area contributed by atoms with Crippen molar-refractivity contribution < 1.29 is 4.79 Å². The van der Waals surface area contributed by atoms with Crippen molar-refractivity contribution in [2.45, 2.75) is 13.3 Å². The lowest BCUT2D eigenvalue weighted by molar-refractivity contribution is -0.115. The molecule has 0 fully saturated rings. The molecule has 1 aromatic heterocycles. The highest BCUT2D eigenvalue weighted by Gasteiger charge is 2.07. The van der Waals surface area contributed by atoms with Gasteiger partial charge in [0.05, 0.1) is 17.6 Å². The minimum absolute atomic E-state index is 0.0598. The molecule has 2 aromatic carbocycles. The van der Waals surface area contributed by atoms with Crippen molar-refractivity contribution >= 4 is 34.1 Å². The summed E-state index contributed by atoms with van der Waals surface area (Å²) in [6, 6.07) is 16.9. The second-order valence-corrected chi connectivity index (χ2v) is 5.61. The monoisotopic (exact) mass is 310 g/mol. The lowest BCUT2D eigenvalue weighted by Gasteiger charge is -2.09. The summed E-state index contributed by atoms with van der Waals surface area (Å²) in [6.45, 7) is 1.95. The lowest BCUT2D eigenvalue weighted by Crippen LogP contribution is -2.14. The van der Waals surface area contributed by atoms with Gasteiger partial charge in [0.2, 0.25) is 5.91 Å². The fourth-order valence-corrected chi connectivity index (χ4v) is 2.47. The minimum Gasteiger partial charge on any atom is -0.325 e. The Morgan fingerprint density at radius 2 is 1.86 bits per heavy atom. The van der Waals surface area contributed by atoms with Crippen LogP contribution in [0.5, 0.6) is 0 Å². The van der Waals surface area contributed by atoms with E-state index in [-0.39, 0.29) is 5.91 Å². The normalized spacial score (nSPS) is 10.6. The van der Waals surface area contributed by atoms with E-state index in [9.17, 15) is 4.79 Å². The Morgan fingerprint density at radius 1 is 1.09 bits per heavy atom. The molecule has 22 heavy (non-hydrogen) atoms. The second-order valence-electron chi connectivity index (χ2n) is 5.18. The standard InChI is InChI=1S/C18H15ClN2O/c1-12-5-10-15-16(20-12)3-2-4-17(15)21-18(22)11-13-6-8-14(19)9-7-13/h2-10H,11H2,1H3,(H,21,22). The minimum atomic E-state index is -0.0598. The number of hydrogen-bond acceptors (Lipinski definition) is 2. The molecule has 0 saturated heterocycles. The Hall–Kier alpha value is -2.39. The van der Waals surface area contributed by atoms with E-state index in [1.807, 2.05) is 49.4 Å². The number of aryl methyl sites for hydroxylation is 1. The third-order valence-corrected chi connectivity index (χ3v) is 3.68. The number of pyridine rings is 1. The predicted octanol–water partition coefficient (Wildman–Crippen LogP) is 4.38. The van der Waals surface area contributed by atoms with E-state index >= 15 is 0 Å². The van der Waals surface area contributed by atoms with Crippen LogP contribution in [0.1, 0.15) is 11.3 Å². The second kappa shape index (κ2) is 6.16. The number of halogens is 1. The summed E-state index contributed by atoms with van der Waals surface area (Å²) in [5.74, 6) is -0.0598. The van der Waals surface area contributed by atoms with E-state index in [2.05, 4.69) is 10.3 Å². The Bertz CT molecular complexity index is 828. The third kappa shape index (κ3) is 3.26. The summed E-state index contributed by atoms with van der Waals surface area (Å²) in [5, 5.41) is 4.56. The number of aromatic nitrogens is 1. The molecule has 0 unspecified atom stereocenters. The molecule has 0 aliphatic rings. The van der Waals surface area contributed by atoms with E-state index in [0.717, 1.165) is 27.8 Å². The molecule has 0 saturated carbocycles. The van der Waals surface area contributed by atoms with Crippen LogP contribution in [0.25, 0.3) is 10.9 Å². The zero-order chi connectivity index (χ0) is 15.5. The van der Waals surface area contributed by atoms with Crippen LogP contribution in [0, 0.1) is 6.92 Å². The number of carbonyl (C=O) groups is 1. The summed E-state index contributed by atoms with van der Waals surface area (Å²) in [7, 11) is 0. The molecular formula is C18H15ClN2O. The molecule has 0 aliphatic carbocycles. The van der Waals surface area contributed by atoms with Crippen LogP contribution in [0.4, 0.5) is 5.69 Å². The molecular weight excluding hydrogens is 296 g/mol. The molecule has 3 nitrogen and oxygen atoms in total. The van der Waals surface area contributed by atoms with E-state index in [4.69, 9.17) is 11.6 Å². The van der Waals surface area contributed by atoms with Crippen molar-refractivity contribution in [3.8, 4) is 0 Å². The Balaban J connectivity index is 1.80. The average molecular weight is 311 g/mol. The highest BCUT2D eigenvalue weighted by molar-refractivity contribution is 6.30. The number of rotatable bonds is 3. The van der Waals surface area contributed by atoms with Gasteiger partial charge in [-0.25, -0.2) is 0 Å². The highest BCUT2D eigenvalue weighted by Crippen LogP contribution is 2.22. The summed E-state index contributed by atoms with van der Waals surface area (Å²) in [6.07, 6.45) is 0.312. The number of amides is 1. The molecule has 0 bridgehead atoms. The highest BCUT2D eigenvalue weighted by atomic mass is 35.5. The van der Waals surface area contributed by atoms with Gasteiger partial charge >= 0.3 is 0 Å². The van der Waals surface area contributed by atoms with Crippen LogP contribution in [0.2, 0.25) is 5.02 Å². The zero-order valence-corrected chi connectivity index (χ0v) is 12.9. The van der Waals surface area contributed by atoms with Gasteiger partial charge in [-0.2, -0.15) is 0 Å². The fourth-order valence-electron chi connectivity index (χ4n) is 2.35. The summed E-state index contributed by atoms with van der Waals surface area (Å²) < 4.78 is 0. The fraction of sp³-hybridized carbons (Fsp3) is 0.111. The Morgan fingerprint density at radius 3 is 2.64 bits per heavy atom. The molecule has 0 radical (unpaired) electrons. The van der Waals surface area contributed by atoms with Gasteiger partial charge < -0.3 is 5.32 Å². The van der Waals surface area contributed by atoms with Gasteiger partial charge in [-0.3, -0.25) is 9.78 Å². The van der Waals surface area contributed by atoms with E-state index < -0.39 is 0 Å². The maximum Gasteiger partial charge on any atom is 0.228 e. The maximum absolute atomic E-state index is 12.2. The number of nitrogens with zero attached hydrogens (tertiary/aromatic N) is 1. The van der Waals surface area contributed by atoms with Crippen molar-refractivity contribution in [1.82, 2.24) is 4.98 Å². The van der Waals surface area contributed by atoms with Gasteiger partial charge in [-0.1, -0.05) is 29.8 Å². The quantitative estimate of drug-likeness (QED) is 0.780. The molecule has 0 aliphatic heterocycles.